The van der Waals surface area contributed by atoms with Crippen LogP contribution in [0.25, 0.3) is 0 Å². The van der Waals surface area contributed by atoms with Crippen LogP contribution in [0, 0.1) is 0 Å². The van der Waals surface area contributed by atoms with Crippen molar-refractivity contribution < 1.29 is 5.11 Å². The van der Waals surface area contributed by atoms with E-state index in [0.29, 0.717) is 0 Å². The summed E-state index contributed by atoms with van der Waals surface area (Å²) in [6.45, 7) is 5.02. The third-order valence-corrected chi connectivity index (χ3v) is 2.90. The van der Waals surface area contributed by atoms with E-state index in [-0.39, 0.29) is 0 Å². The van der Waals surface area contributed by atoms with Gasteiger partial charge in [0.25, 0.3) is 0 Å². The molecular weight excluding hydrogens is 253 g/mol. The number of hydrogen-bond donors (Lipinski definition) is 1. The van der Waals surface area contributed by atoms with Crippen LogP contribution in [0.5, 0.6) is 0 Å². The largest absolute Gasteiger partial charge is 0.389 e. The maximum atomic E-state index is 9.62. The lowest BCUT2D eigenvalue weighted by molar-refractivity contribution is 0.0689. The Morgan fingerprint density at radius 1 is 1.64 bits per heavy atom. The van der Waals surface area contributed by atoms with Crippen LogP contribution >= 0.6 is 22.6 Å². The van der Waals surface area contributed by atoms with Gasteiger partial charge in [0.2, 0.25) is 0 Å². The van der Waals surface area contributed by atoms with Crippen molar-refractivity contribution in [3.63, 3.8) is 0 Å². The zero-order valence-electron chi connectivity index (χ0n) is 7.02. The first kappa shape index (κ1) is 9.74. The van der Waals surface area contributed by atoms with E-state index >= 15 is 0 Å². The normalized spacial score (nSPS) is 33.0. The number of rotatable bonds is 3. The Bertz CT molecular complexity index is 127. The Hall–Kier alpha value is 0.650. The zero-order chi connectivity index (χ0) is 8.32. The monoisotopic (exact) mass is 269 g/mol. The van der Waals surface area contributed by atoms with E-state index in [1.165, 1.54) is 10.8 Å². The summed E-state index contributed by atoms with van der Waals surface area (Å²) in [7, 11) is 0. The molecule has 0 spiro atoms. The van der Waals surface area contributed by atoms with Crippen molar-refractivity contribution >= 4 is 22.6 Å². The van der Waals surface area contributed by atoms with Crippen molar-refractivity contribution in [1.29, 1.82) is 0 Å². The van der Waals surface area contributed by atoms with Gasteiger partial charge in [0, 0.05) is 17.5 Å². The Morgan fingerprint density at radius 3 is 2.82 bits per heavy atom. The van der Waals surface area contributed by atoms with Crippen LogP contribution in [-0.4, -0.2) is 39.7 Å². The average molecular weight is 269 g/mol. The van der Waals surface area contributed by atoms with Gasteiger partial charge in [0.15, 0.2) is 0 Å². The Morgan fingerprint density at radius 2 is 2.36 bits per heavy atom. The van der Waals surface area contributed by atoms with Crippen LogP contribution in [0.4, 0.5) is 0 Å². The lowest BCUT2D eigenvalue weighted by atomic mass is 10.1. The second-order valence-electron chi connectivity index (χ2n) is 3.57. The Kier molecular flexibility index (Phi) is 3.58. The summed E-state index contributed by atoms with van der Waals surface area (Å²) in [4.78, 5) is 2.35. The molecule has 0 radical (unpaired) electrons. The summed E-state index contributed by atoms with van der Waals surface area (Å²) < 4.78 is 1.22. The van der Waals surface area contributed by atoms with Crippen molar-refractivity contribution in [3.8, 4) is 0 Å². The van der Waals surface area contributed by atoms with Crippen molar-refractivity contribution in [2.45, 2.75) is 25.4 Å². The minimum absolute atomic E-state index is 0.411. The van der Waals surface area contributed by atoms with Gasteiger partial charge in [0.1, 0.15) is 0 Å². The molecule has 1 heterocycles. The Balaban J connectivity index is 2.20. The van der Waals surface area contributed by atoms with E-state index in [4.69, 9.17) is 0 Å². The molecule has 2 nitrogen and oxygen atoms in total. The number of likely N-dealkylation sites (tertiary alicyclic amines) is 1. The van der Waals surface area contributed by atoms with Gasteiger partial charge in [-0.25, -0.2) is 0 Å². The van der Waals surface area contributed by atoms with Gasteiger partial charge in [-0.15, -0.1) is 0 Å². The first-order chi connectivity index (χ1) is 5.14. The van der Waals surface area contributed by atoms with Crippen LogP contribution in [-0.2, 0) is 0 Å². The Labute approximate surface area is 82.1 Å². The zero-order valence-corrected chi connectivity index (χ0v) is 9.17. The lowest BCUT2D eigenvalue weighted by Crippen LogP contribution is -2.30. The molecule has 0 aromatic rings. The standard InChI is InChI=1S/C8H16INO/c1-8(11)3-6-10(7-8)5-2-4-9/h11H,2-7H2,1H3. The number of hydrogen-bond acceptors (Lipinski definition) is 2. The predicted molar refractivity (Wildman–Crippen MR) is 55.2 cm³/mol. The number of nitrogens with zero attached hydrogens (tertiary/aromatic N) is 1. The maximum Gasteiger partial charge on any atom is 0.0758 e. The van der Waals surface area contributed by atoms with E-state index in [1.807, 2.05) is 6.92 Å². The molecule has 1 saturated heterocycles. The summed E-state index contributed by atoms with van der Waals surface area (Å²) in [5, 5.41) is 9.62. The average Bonchev–Trinajstić information content (AvgIpc) is 2.26. The molecule has 0 aromatic heterocycles. The van der Waals surface area contributed by atoms with Gasteiger partial charge in [-0.3, -0.25) is 0 Å². The van der Waals surface area contributed by atoms with Crippen LogP contribution in [0.2, 0.25) is 0 Å². The molecule has 0 bridgehead atoms. The van der Waals surface area contributed by atoms with Gasteiger partial charge in [0.05, 0.1) is 5.60 Å². The quantitative estimate of drug-likeness (QED) is 0.616. The van der Waals surface area contributed by atoms with Gasteiger partial charge < -0.3 is 10.0 Å². The molecular formula is C8H16INO. The van der Waals surface area contributed by atoms with E-state index < -0.39 is 5.60 Å². The molecule has 0 amide bonds. The van der Waals surface area contributed by atoms with E-state index in [0.717, 1.165) is 26.1 Å². The number of halogens is 1. The van der Waals surface area contributed by atoms with Gasteiger partial charge in [-0.1, -0.05) is 22.6 Å². The van der Waals surface area contributed by atoms with Crippen LogP contribution in [0.15, 0.2) is 0 Å². The highest BCUT2D eigenvalue weighted by atomic mass is 127. The molecule has 0 aliphatic carbocycles. The smallest absolute Gasteiger partial charge is 0.0758 e. The van der Waals surface area contributed by atoms with E-state index in [2.05, 4.69) is 27.5 Å². The van der Waals surface area contributed by atoms with Gasteiger partial charge in [-0.2, -0.15) is 0 Å². The number of alkyl halides is 1. The molecule has 1 fully saturated rings. The molecule has 1 atom stereocenters. The molecule has 1 rings (SSSR count). The van der Waals surface area contributed by atoms with Gasteiger partial charge >= 0.3 is 0 Å². The molecule has 66 valence electrons. The summed E-state index contributed by atoms with van der Waals surface area (Å²) in [6, 6.07) is 0. The lowest BCUT2D eigenvalue weighted by Gasteiger charge is -2.17. The second kappa shape index (κ2) is 4.05. The van der Waals surface area contributed by atoms with Crippen molar-refractivity contribution in [3.05, 3.63) is 0 Å². The van der Waals surface area contributed by atoms with Crippen LogP contribution in [0.1, 0.15) is 19.8 Å². The topological polar surface area (TPSA) is 23.5 Å². The third-order valence-electron chi connectivity index (χ3n) is 2.14. The SMILES string of the molecule is CC1(O)CCN(CCCI)C1. The summed E-state index contributed by atoms with van der Waals surface area (Å²) in [6.07, 6.45) is 2.19. The highest BCUT2D eigenvalue weighted by Crippen LogP contribution is 2.19. The highest BCUT2D eigenvalue weighted by molar-refractivity contribution is 14.1. The molecule has 1 N–H and O–H groups in total. The fraction of sp³-hybridized carbons (Fsp3) is 1.00. The molecule has 0 aromatic carbocycles. The van der Waals surface area contributed by atoms with Crippen molar-refractivity contribution in [1.82, 2.24) is 4.90 Å². The first-order valence-electron chi connectivity index (χ1n) is 4.15. The molecule has 1 aliphatic heterocycles. The predicted octanol–water partition coefficient (Wildman–Crippen LogP) is 1.27. The summed E-state index contributed by atoms with van der Waals surface area (Å²) in [5.74, 6) is 0. The van der Waals surface area contributed by atoms with Crippen LogP contribution < -0.4 is 0 Å². The number of aliphatic hydroxyl groups is 1. The second-order valence-corrected chi connectivity index (χ2v) is 4.64. The minimum Gasteiger partial charge on any atom is -0.389 e. The maximum absolute atomic E-state index is 9.62. The van der Waals surface area contributed by atoms with Gasteiger partial charge in [-0.05, 0) is 26.3 Å². The molecule has 1 unspecified atom stereocenters. The minimum atomic E-state index is -0.411. The van der Waals surface area contributed by atoms with Crippen molar-refractivity contribution in [2.24, 2.45) is 0 Å². The van der Waals surface area contributed by atoms with Crippen LogP contribution in [0.3, 0.4) is 0 Å². The summed E-state index contributed by atoms with van der Waals surface area (Å²) in [5.41, 5.74) is -0.411. The fourth-order valence-electron chi connectivity index (χ4n) is 1.51. The molecule has 1 aliphatic rings. The molecule has 3 heteroatoms. The van der Waals surface area contributed by atoms with E-state index in [1.54, 1.807) is 0 Å². The molecule has 0 saturated carbocycles. The number of β-amino-alcohol motifs (C(OH)–C–C–N with tert-alkyl or cyclic N) is 1. The van der Waals surface area contributed by atoms with Crippen molar-refractivity contribution in [2.75, 3.05) is 24.1 Å². The fourth-order valence-corrected chi connectivity index (χ4v) is 1.85. The first-order valence-corrected chi connectivity index (χ1v) is 5.67. The highest BCUT2D eigenvalue weighted by Gasteiger charge is 2.30. The molecule has 11 heavy (non-hydrogen) atoms. The summed E-state index contributed by atoms with van der Waals surface area (Å²) >= 11 is 2.39. The van der Waals surface area contributed by atoms with E-state index in [9.17, 15) is 5.11 Å². The third kappa shape index (κ3) is 3.25.